The van der Waals surface area contributed by atoms with Crippen molar-refractivity contribution < 1.29 is 279 Å². The zero-order chi connectivity index (χ0) is 85.5. The maximum atomic E-state index is 9.76. The summed E-state index contributed by atoms with van der Waals surface area (Å²) < 4.78 is 96.9. The Hall–Kier alpha value is 0.365. The van der Waals surface area contributed by atoms with Gasteiger partial charge >= 0.3 is 0 Å². The molecule has 14 aliphatic heterocycles. The van der Waals surface area contributed by atoms with Crippen LogP contribution in [0.15, 0.2) is 20.5 Å². The number of hydrogen-bond acceptors (Lipinski definition) is 34. The molecule has 45 heteroatoms. The van der Waals surface area contributed by atoms with E-state index in [2.05, 4.69) is 60.9 Å². The first-order valence-corrected chi connectivity index (χ1v) is 39.6. The van der Waals surface area contributed by atoms with Crippen LogP contribution in [-0.4, -0.2) is 327 Å². The van der Waals surface area contributed by atoms with Gasteiger partial charge in [0.05, 0.1) is 162 Å². The van der Waals surface area contributed by atoms with E-state index in [1.807, 2.05) is 96.9 Å². The molecule has 0 amide bonds. The summed E-state index contributed by atoms with van der Waals surface area (Å²) in [5.41, 5.74) is 32.9. The Balaban J connectivity index is 0.000000442. The summed E-state index contributed by atoms with van der Waals surface area (Å²) >= 11 is 0. The number of ether oxygens (including phenoxy) is 18. The van der Waals surface area contributed by atoms with Crippen LogP contribution in [0.5, 0.6) is 0 Å². The summed E-state index contributed by atoms with van der Waals surface area (Å²) in [6.45, 7) is 38.0. The standard InChI is InChI=1S/C10H18O3.C9H15N3O3.C9H16O4.C8H14O5.C7H14O2.C6H11N3O3.C6H11N3O2.C6H12O3.C6H12O2.C5H9N3O3.3Ac/c1-5-7-6(2)8-9(11-7)13-10(3,4)12-8;1-4-5-6(11-12-10)7-8(13-5)15-9(2,3)14-7;1-4-5-6(10)7-8(11-5)13-9(2,3)12-7;1-8(2)12-6-5(10)4(3-9)11-7(6)13-8;1-3-7-5(2)6(8)4-9-7;1-2-3-4(8-9-7)5(10)6(11)12-3;1-2-5-6(8-9-7)4(10)3-11-5;1-4-5(8)3-9-6(4)2-7;1-4-5(2)8-3-6(4)7;6-8-7-5-3(10)2-11-4(5)1-9;;;/h6-9H,5H2,1-4H3;5-8H,4H2,1-3H3;5-8,10H,4H2,1-3H3;4-7,9-10H,3H2,1-2H3;5-8H,3-4H2,1-2H3;3-6,10-11H,2H2,1H3;4-6,10H,2-3H2,1H3;4-8H,2-3H2,1H3;4-7H,3H2,1-2H3;3-5,9-10H,1-2H2;;;/t6-,7+,8+,9+;5-,6-,7-,8-;5-,6+,7-,8-;4-,5+,6-,7-;5-,6-,7+;3-,4-,5-,6?;4-,5+,6-;2*4-,5-,6+;3-,4+,5-;;;/m0111010010.../s1. The number of rotatable bonds is 13. The smallest absolute Gasteiger partial charge is 0.190 e. The molecule has 0 aromatic rings. The van der Waals surface area contributed by atoms with Gasteiger partial charge in [-0.3, -0.25) is 0 Å². The van der Waals surface area contributed by atoms with E-state index in [-0.39, 0.29) is 257 Å². The Morgan fingerprint density at radius 2 is 0.607 bits per heavy atom. The molecule has 14 aliphatic rings. The molecule has 35 atom stereocenters. The van der Waals surface area contributed by atoms with Gasteiger partial charge in [0.1, 0.15) is 48.8 Å². The predicted octanol–water partition coefficient (Wildman–Crippen LogP) is 4.68. The third-order valence-electron chi connectivity index (χ3n) is 21.6. The summed E-state index contributed by atoms with van der Waals surface area (Å²) in [5.74, 6) is -1.30. The van der Waals surface area contributed by atoms with E-state index in [0.29, 0.717) is 56.2 Å². The van der Waals surface area contributed by atoms with E-state index in [1.54, 1.807) is 13.8 Å². The zero-order valence-corrected chi connectivity index (χ0v) is 85.2. The fraction of sp³-hybridized carbons (Fsp3) is 1.00. The quantitative estimate of drug-likeness (QED) is 0.0676. The van der Waals surface area contributed by atoms with Crippen LogP contribution in [0, 0.1) is 156 Å². The Morgan fingerprint density at radius 1 is 0.299 bits per heavy atom. The third kappa shape index (κ3) is 32.8. The van der Waals surface area contributed by atoms with Crippen LogP contribution in [0.2, 0.25) is 0 Å². The van der Waals surface area contributed by atoms with Gasteiger partial charge in [0.25, 0.3) is 0 Å². The van der Waals surface area contributed by atoms with Crippen LogP contribution in [0.1, 0.15) is 170 Å². The number of hydrogen-bond donors (Lipinski definition) is 12. The van der Waals surface area contributed by atoms with Crippen molar-refractivity contribution in [2.75, 3.05) is 52.9 Å². The first kappa shape index (κ1) is 113. The number of nitrogens with zero attached hydrogens (tertiary/aromatic N) is 12. The molecule has 0 aromatic carbocycles. The molecular weight excluding hydrogens is 2190 g/mol. The van der Waals surface area contributed by atoms with Crippen molar-refractivity contribution in [2.45, 2.75) is 383 Å². The number of aliphatic hydroxyl groups is 12. The van der Waals surface area contributed by atoms with Gasteiger partial charge in [-0.05, 0) is 123 Å². The predicted molar refractivity (Wildman–Crippen MR) is 399 cm³/mol. The largest absolute Gasteiger partial charge is 0.394 e. The SMILES string of the molecule is CC1(C)O[C@H]2O[C@H](CO)[C@H](O)[C@H]2O1.CC[C@H]1OC(O)[C@H](O)[C@@H]1N=[N+]=[N-].CC[C@H]1OC[C@H](O)[C@@H]1C.CC[C@H]1OC[C@H](O)[C@@H]1N=[N+]=[N-].CC[C@H]1O[C@@H]2OC(C)(C)O[C@@H]2[C@@H]1N=[N+]=[N-].CC[C@H]1O[C@@H]2OC(C)(C)O[C@@H]2[C@H]1C.CC[C@H]1O[C@@H]2OC(C)(C)O[C@@H]2[C@H]1O.C[C@H]1[C@@H](O)CO[C@@H]1C.C[C@H]1[C@@H](O)CO[C@@H]1CO.[Ac].[Ac].[Ac].[N-]=[N+]=N[C@H]1[C@@H](O)CO[C@@H]1CO. The van der Waals surface area contributed by atoms with Crippen LogP contribution < -0.4 is 0 Å². The average Bonchev–Trinajstić information content (AvgIpc) is 1.65. The topological polar surface area (TPSA) is 604 Å². The Morgan fingerprint density at radius 3 is 0.957 bits per heavy atom. The van der Waals surface area contributed by atoms with E-state index < -0.39 is 115 Å². The Kier molecular flexibility index (Phi) is 52.3. The monoisotopic (exact) mass is 2330 g/mol. The molecule has 0 aliphatic carbocycles. The fourth-order valence-corrected chi connectivity index (χ4v) is 14.6. The second-order valence-electron chi connectivity index (χ2n) is 31.7. The minimum absolute atomic E-state index is 0. The molecule has 42 nitrogen and oxygen atoms in total. The van der Waals surface area contributed by atoms with Gasteiger partial charge in [0, 0.05) is 176 Å². The van der Waals surface area contributed by atoms with Crippen molar-refractivity contribution in [1.82, 2.24) is 0 Å². The van der Waals surface area contributed by atoms with Gasteiger partial charge in [0.15, 0.2) is 54.6 Å². The first-order chi connectivity index (χ1) is 53.7. The number of aliphatic hydroxyl groups excluding tert-OH is 12. The van der Waals surface area contributed by atoms with Gasteiger partial charge in [-0.25, -0.2) is 0 Å². The molecule has 669 valence electrons. The van der Waals surface area contributed by atoms with Crippen molar-refractivity contribution in [2.24, 2.45) is 44.1 Å². The van der Waals surface area contributed by atoms with Gasteiger partial charge in [-0.2, -0.15) is 0 Å². The summed E-state index contributed by atoms with van der Waals surface area (Å²) in [4.78, 5) is 10.6. The minimum Gasteiger partial charge on any atom is -0.394 e. The van der Waals surface area contributed by atoms with Gasteiger partial charge in [0.2, 0.25) is 0 Å². The number of azide groups is 4. The molecule has 0 saturated carbocycles. The Labute approximate surface area is 792 Å². The summed E-state index contributed by atoms with van der Waals surface area (Å²) in [6, 6.07) is -2.00. The van der Waals surface area contributed by atoms with Crippen LogP contribution >= 0.6 is 0 Å². The van der Waals surface area contributed by atoms with Gasteiger partial charge < -0.3 is 147 Å². The van der Waals surface area contributed by atoms with Crippen molar-refractivity contribution in [3.05, 3.63) is 41.8 Å². The van der Waals surface area contributed by atoms with E-state index in [0.717, 1.165) is 32.1 Å². The summed E-state index contributed by atoms with van der Waals surface area (Å²) in [6.07, 6.45) is -4.66. The molecule has 14 rings (SSSR count). The zero-order valence-electron chi connectivity index (χ0n) is 70.9. The molecule has 14 fully saturated rings. The second kappa shape index (κ2) is 54.0. The van der Waals surface area contributed by atoms with Crippen LogP contribution in [0.25, 0.3) is 41.8 Å². The molecular formula is C72H132Ac3N12O30. The van der Waals surface area contributed by atoms with Gasteiger partial charge in [-0.1, -0.05) is 89.7 Å². The van der Waals surface area contributed by atoms with Crippen LogP contribution in [-0.2, 0) is 85.3 Å². The maximum absolute atomic E-state index is 9.76. The van der Waals surface area contributed by atoms with Crippen LogP contribution in [0.3, 0.4) is 0 Å². The van der Waals surface area contributed by atoms with E-state index in [1.165, 1.54) is 0 Å². The molecule has 0 spiro atoms. The van der Waals surface area contributed by atoms with Crippen molar-refractivity contribution in [1.29, 1.82) is 0 Å². The first-order valence-electron chi connectivity index (χ1n) is 39.6. The van der Waals surface area contributed by atoms with E-state index in [4.69, 9.17) is 143 Å². The Bertz CT molecular complexity index is 2860. The van der Waals surface area contributed by atoms with Gasteiger partial charge in [-0.15, -0.1) is 0 Å². The molecule has 12 N–H and O–H groups in total. The molecule has 3 radical (unpaired) electrons. The van der Waals surface area contributed by atoms with E-state index >= 15 is 0 Å². The summed E-state index contributed by atoms with van der Waals surface area (Å²) in [5, 5.41) is 123. The molecule has 14 saturated heterocycles. The van der Waals surface area contributed by atoms with Crippen molar-refractivity contribution in [3.63, 3.8) is 0 Å². The molecule has 14 heterocycles. The molecule has 0 aromatic heterocycles. The normalized spacial score (nSPS) is 42.5. The summed E-state index contributed by atoms with van der Waals surface area (Å²) in [7, 11) is 0. The average molecular weight is 2330 g/mol. The van der Waals surface area contributed by atoms with E-state index in [9.17, 15) is 25.5 Å². The minimum atomic E-state index is -1.23. The molecule has 117 heavy (non-hydrogen) atoms. The van der Waals surface area contributed by atoms with Crippen molar-refractivity contribution >= 4 is 0 Å². The third-order valence-corrected chi connectivity index (χ3v) is 21.6. The second-order valence-corrected chi connectivity index (χ2v) is 31.7. The fourth-order valence-electron chi connectivity index (χ4n) is 14.6. The number of fused-ring (bicyclic) bond motifs is 4. The molecule has 1 unspecified atom stereocenters. The molecule has 0 bridgehead atoms. The maximum Gasteiger partial charge on any atom is 0.190 e. The van der Waals surface area contributed by atoms with Crippen LogP contribution in [0.4, 0.5) is 0 Å². The van der Waals surface area contributed by atoms with Crippen molar-refractivity contribution in [3.8, 4) is 0 Å².